The highest BCUT2D eigenvalue weighted by Gasteiger charge is 2.18. The molecule has 0 saturated carbocycles. The van der Waals surface area contributed by atoms with Crippen LogP contribution in [0.25, 0.3) is 96.1 Å². The molecule has 0 spiro atoms. The van der Waals surface area contributed by atoms with Gasteiger partial charge in [-0.2, -0.15) is 0 Å². The molecule has 0 amide bonds. The lowest BCUT2D eigenvalue weighted by atomic mass is 10.1. The minimum atomic E-state index is 0.678. The minimum absolute atomic E-state index is 0.678. The molecule has 0 atom stereocenters. The van der Waals surface area contributed by atoms with E-state index >= 15 is 0 Å². The predicted octanol–water partition coefficient (Wildman–Crippen LogP) is 12.5. The van der Waals surface area contributed by atoms with Crippen molar-refractivity contribution in [1.29, 1.82) is 0 Å². The average molecular weight is 759 g/mol. The van der Waals surface area contributed by atoms with Gasteiger partial charge in [0.25, 0.3) is 0 Å². The quantitative estimate of drug-likeness (QED) is 0.152. The Morgan fingerprint density at radius 1 is 0.542 bits per heavy atom. The first-order chi connectivity index (χ1) is 29.0. The number of fused-ring (bicyclic) bond motifs is 4. The van der Waals surface area contributed by atoms with Gasteiger partial charge in [-0.15, -0.1) is 0 Å². The molecular formula is C55H42N4. The third kappa shape index (κ3) is 6.18. The average Bonchev–Trinajstić information content (AvgIpc) is 3.72. The Kier molecular flexibility index (Phi) is 8.95. The molecule has 4 heteroatoms. The van der Waals surface area contributed by atoms with Crippen LogP contribution in [0.3, 0.4) is 0 Å². The summed E-state index contributed by atoms with van der Waals surface area (Å²) in [7, 11) is 0. The van der Waals surface area contributed by atoms with E-state index in [4.69, 9.17) is 23.1 Å². The SMILES string of the molecule is C=c1/c(=c2\c(=C)c3cc4ccccc4cc3n2-c2ccc(-c3nc(C(/C=C\C)=C/CC)cc(-c4ccccc4)n3)cc2)n(-c2ccccc2)c2cc3ccccc3cc12. The predicted molar refractivity (Wildman–Crippen MR) is 249 cm³/mol. The molecule has 7 aromatic carbocycles. The number of benzene rings is 7. The van der Waals surface area contributed by atoms with Crippen LogP contribution in [0.4, 0.5) is 0 Å². The fourth-order valence-electron chi connectivity index (χ4n) is 8.59. The van der Waals surface area contributed by atoms with Gasteiger partial charge >= 0.3 is 0 Å². The first kappa shape index (κ1) is 35.8. The van der Waals surface area contributed by atoms with Crippen LogP contribution in [0.2, 0.25) is 0 Å². The zero-order valence-electron chi connectivity index (χ0n) is 33.2. The molecule has 0 aliphatic rings. The summed E-state index contributed by atoms with van der Waals surface area (Å²) in [5.41, 5.74) is 9.11. The largest absolute Gasteiger partial charge is 0.307 e. The van der Waals surface area contributed by atoms with Crippen molar-refractivity contribution in [2.24, 2.45) is 0 Å². The maximum atomic E-state index is 5.17. The monoisotopic (exact) mass is 758 g/mol. The van der Waals surface area contributed by atoms with Crippen molar-refractivity contribution in [3.63, 3.8) is 0 Å². The van der Waals surface area contributed by atoms with Crippen molar-refractivity contribution in [2.45, 2.75) is 20.3 Å². The zero-order valence-corrected chi connectivity index (χ0v) is 33.2. The molecule has 0 unspecified atom stereocenters. The summed E-state index contributed by atoms with van der Waals surface area (Å²) in [5, 5.41) is 10.8. The number of rotatable bonds is 7. The van der Waals surface area contributed by atoms with Gasteiger partial charge in [-0.3, -0.25) is 0 Å². The summed E-state index contributed by atoms with van der Waals surface area (Å²) in [4.78, 5) is 10.3. The third-order valence-corrected chi connectivity index (χ3v) is 11.4. The number of nitrogens with zero attached hydrogens (tertiary/aromatic N) is 4. The van der Waals surface area contributed by atoms with E-state index < -0.39 is 0 Å². The summed E-state index contributed by atoms with van der Waals surface area (Å²) in [6, 6.07) is 58.0. The van der Waals surface area contributed by atoms with Crippen LogP contribution in [0.15, 0.2) is 182 Å². The fourth-order valence-corrected chi connectivity index (χ4v) is 8.59. The summed E-state index contributed by atoms with van der Waals surface area (Å²) < 4.78 is 4.74. The molecule has 0 aliphatic heterocycles. The molecule has 0 bridgehead atoms. The summed E-state index contributed by atoms with van der Waals surface area (Å²) in [6.45, 7) is 13.9. The van der Waals surface area contributed by atoms with Crippen LogP contribution >= 0.6 is 0 Å². The van der Waals surface area contributed by atoms with Gasteiger partial charge in [0.15, 0.2) is 5.82 Å². The van der Waals surface area contributed by atoms with Crippen molar-refractivity contribution in [3.8, 4) is 34.0 Å². The van der Waals surface area contributed by atoms with Crippen molar-refractivity contribution in [2.75, 3.05) is 0 Å². The normalized spacial score (nSPS) is 12.7. The summed E-state index contributed by atoms with van der Waals surface area (Å²) >= 11 is 0. The van der Waals surface area contributed by atoms with Gasteiger partial charge in [0.2, 0.25) is 0 Å². The van der Waals surface area contributed by atoms with Crippen LogP contribution in [0, 0.1) is 10.7 Å². The Bertz CT molecular complexity index is 3500. The standard InChI is InChI=1S/C55H42N4/c1-5-17-38(18-6-2)49-35-50(39-19-9-7-10-20-39)57-55(56-49)40-27-29-46(30-28-40)59-52-34-44-24-16-14-22-42(44)32-48(52)37(4)54(59)53-36(3)47-31-41-21-13-15-23-43(41)33-51(47)58(53)45-25-11-8-12-26-45/h5,7-35H,3-4,6H2,1-2H3/b17-5-,38-18+,54-53-. The molecule has 0 fully saturated rings. The van der Waals surface area contributed by atoms with E-state index in [1.54, 1.807) is 0 Å². The Balaban J connectivity index is 1.29. The van der Waals surface area contributed by atoms with Crippen LogP contribution < -0.4 is 10.4 Å². The molecule has 59 heavy (non-hydrogen) atoms. The van der Waals surface area contributed by atoms with Crippen LogP contribution in [-0.4, -0.2) is 19.1 Å². The van der Waals surface area contributed by atoms with E-state index in [1.165, 1.54) is 21.5 Å². The molecule has 10 aromatic rings. The Labute approximate surface area is 343 Å². The lowest BCUT2D eigenvalue weighted by molar-refractivity contribution is 0.989. The Hall–Kier alpha value is -7.56. The summed E-state index contributed by atoms with van der Waals surface area (Å²) in [5.74, 6) is 0.678. The highest BCUT2D eigenvalue weighted by molar-refractivity contribution is 6.00. The smallest absolute Gasteiger partial charge is 0.160 e. The number of allylic oxidation sites excluding steroid dienone is 4. The van der Waals surface area contributed by atoms with Gasteiger partial charge in [-0.25, -0.2) is 9.97 Å². The van der Waals surface area contributed by atoms with E-state index in [1.807, 2.05) is 13.0 Å². The third-order valence-electron chi connectivity index (χ3n) is 11.4. The molecule has 10 rings (SSSR count). The highest BCUT2D eigenvalue weighted by atomic mass is 15.0. The van der Waals surface area contributed by atoms with Gasteiger partial charge in [0, 0.05) is 43.7 Å². The maximum Gasteiger partial charge on any atom is 0.160 e. The van der Waals surface area contributed by atoms with Crippen molar-refractivity contribution in [1.82, 2.24) is 19.1 Å². The van der Waals surface area contributed by atoms with Gasteiger partial charge < -0.3 is 9.13 Å². The van der Waals surface area contributed by atoms with Gasteiger partial charge in [0.05, 0.1) is 33.1 Å². The molecule has 4 nitrogen and oxygen atoms in total. The van der Waals surface area contributed by atoms with Crippen LogP contribution in [0.1, 0.15) is 26.0 Å². The topological polar surface area (TPSA) is 35.6 Å². The first-order valence-electron chi connectivity index (χ1n) is 20.2. The summed E-state index contributed by atoms with van der Waals surface area (Å²) in [6.07, 6.45) is 7.31. The highest BCUT2D eigenvalue weighted by Crippen LogP contribution is 2.31. The van der Waals surface area contributed by atoms with E-state index in [0.29, 0.717) is 5.82 Å². The lowest BCUT2D eigenvalue weighted by Gasteiger charge is -2.12. The van der Waals surface area contributed by atoms with E-state index in [0.717, 1.165) is 88.8 Å². The molecule has 0 saturated heterocycles. The number of aromatic nitrogens is 4. The minimum Gasteiger partial charge on any atom is -0.307 e. The number of hydrogen-bond acceptors (Lipinski definition) is 2. The lowest BCUT2D eigenvalue weighted by Crippen LogP contribution is -2.11. The Morgan fingerprint density at radius 3 is 1.56 bits per heavy atom. The Morgan fingerprint density at radius 2 is 1.03 bits per heavy atom. The zero-order chi connectivity index (χ0) is 40.0. The van der Waals surface area contributed by atoms with Gasteiger partial charge in [0.1, 0.15) is 0 Å². The fraction of sp³-hybridized carbons (Fsp3) is 0.0545. The first-order valence-corrected chi connectivity index (χ1v) is 20.2. The molecule has 282 valence electrons. The number of hydrogen-bond donors (Lipinski definition) is 0. The van der Waals surface area contributed by atoms with Gasteiger partial charge in [-0.1, -0.05) is 135 Å². The van der Waals surface area contributed by atoms with Crippen molar-refractivity contribution >= 4 is 62.1 Å². The van der Waals surface area contributed by atoms with Crippen LogP contribution in [0.5, 0.6) is 0 Å². The molecule has 3 heterocycles. The second kappa shape index (κ2) is 14.7. The van der Waals surface area contributed by atoms with Crippen LogP contribution in [-0.2, 0) is 0 Å². The van der Waals surface area contributed by atoms with E-state index in [9.17, 15) is 0 Å². The van der Waals surface area contributed by atoms with Crippen molar-refractivity contribution in [3.05, 3.63) is 209 Å². The molecule has 0 radical (unpaired) electrons. The van der Waals surface area contributed by atoms with Crippen molar-refractivity contribution < 1.29 is 0 Å². The maximum absolute atomic E-state index is 5.17. The molecule has 3 aromatic heterocycles. The van der Waals surface area contributed by atoms with E-state index in [-0.39, 0.29) is 0 Å². The second-order valence-corrected chi connectivity index (χ2v) is 15.0. The second-order valence-electron chi connectivity index (χ2n) is 15.0. The van der Waals surface area contributed by atoms with E-state index in [2.05, 4.69) is 192 Å². The molecule has 0 aliphatic carbocycles. The van der Waals surface area contributed by atoms with Gasteiger partial charge in [-0.05, 0) is 107 Å². The number of para-hydroxylation sites is 1. The molecule has 0 N–H and O–H groups in total. The molecular weight excluding hydrogens is 717 g/mol.